The second-order valence-electron chi connectivity index (χ2n) is 5.10. The van der Waals surface area contributed by atoms with Gasteiger partial charge < -0.3 is 8.92 Å². The summed E-state index contributed by atoms with van der Waals surface area (Å²) in [7, 11) is -2.35. The van der Waals surface area contributed by atoms with Crippen LogP contribution in [0.25, 0.3) is 11.1 Å². The molecule has 0 aromatic heterocycles. The van der Waals surface area contributed by atoms with Crippen LogP contribution in [0.4, 0.5) is 0 Å². The number of rotatable bonds is 5. The van der Waals surface area contributed by atoms with Crippen LogP contribution in [-0.2, 0) is 10.1 Å². The standard InChI is InChI=1S/C19H16O4S/c1-22-17-11-13-19(14-12-17)24(20,21)23-18-9-7-16(8-10-18)15-5-3-2-4-6-15/h2-14H,1H3. The Kier molecular flexibility index (Phi) is 4.53. The van der Waals surface area contributed by atoms with E-state index >= 15 is 0 Å². The predicted molar refractivity (Wildman–Crippen MR) is 92.7 cm³/mol. The summed E-state index contributed by atoms with van der Waals surface area (Å²) in [6.45, 7) is 0. The number of hydrogen-bond donors (Lipinski definition) is 0. The normalized spacial score (nSPS) is 11.0. The van der Waals surface area contributed by atoms with Crippen LogP contribution in [0, 0.1) is 0 Å². The quantitative estimate of drug-likeness (QED) is 0.655. The van der Waals surface area contributed by atoms with Gasteiger partial charge in [-0.3, -0.25) is 0 Å². The maximum absolute atomic E-state index is 12.3. The van der Waals surface area contributed by atoms with E-state index in [0.29, 0.717) is 5.75 Å². The van der Waals surface area contributed by atoms with Crippen molar-refractivity contribution in [1.82, 2.24) is 0 Å². The third-order valence-corrected chi connectivity index (χ3v) is 4.78. The fraction of sp³-hybridized carbons (Fsp3) is 0.0526. The van der Waals surface area contributed by atoms with Gasteiger partial charge in [0.05, 0.1) is 7.11 Å². The van der Waals surface area contributed by atoms with Gasteiger partial charge in [-0.2, -0.15) is 8.42 Å². The molecule has 0 unspecified atom stereocenters. The van der Waals surface area contributed by atoms with Crippen molar-refractivity contribution in [3.8, 4) is 22.6 Å². The summed E-state index contributed by atoms with van der Waals surface area (Å²) in [5, 5.41) is 0. The lowest BCUT2D eigenvalue weighted by Gasteiger charge is -2.08. The van der Waals surface area contributed by atoms with E-state index < -0.39 is 10.1 Å². The Morgan fingerprint density at radius 2 is 1.21 bits per heavy atom. The molecule has 122 valence electrons. The molecule has 3 aromatic rings. The van der Waals surface area contributed by atoms with Gasteiger partial charge in [-0.1, -0.05) is 42.5 Å². The summed E-state index contributed by atoms with van der Waals surface area (Å²) in [6.07, 6.45) is 0. The Morgan fingerprint density at radius 3 is 1.79 bits per heavy atom. The first-order chi connectivity index (χ1) is 11.6. The van der Waals surface area contributed by atoms with E-state index in [-0.39, 0.29) is 10.6 Å². The molecule has 0 aliphatic rings. The van der Waals surface area contributed by atoms with Crippen molar-refractivity contribution < 1.29 is 17.3 Å². The molecule has 4 nitrogen and oxygen atoms in total. The van der Waals surface area contributed by atoms with E-state index in [1.54, 1.807) is 24.3 Å². The third kappa shape index (κ3) is 3.58. The van der Waals surface area contributed by atoms with Crippen molar-refractivity contribution >= 4 is 10.1 Å². The fourth-order valence-electron chi connectivity index (χ4n) is 2.25. The molecule has 0 saturated carbocycles. The van der Waals surface area contributed by atoms with Gasteiger partial charge in [0.2, 0.25) is 0 Å². The van der Waals surface area contributed by atoms with Gasteiger partial charge in [0, 0.05) is 0 Å². The van der Waals surface area contributed by atoms with E-state index in [1.807, 2.05) is 42.5 Å². The first-order valence-electron chi connectivity index (χ1n) is 7.32. The lowest BCUT2D eigenvalue weighted by atomic mass is 10.1. The Morgan fingerprint density at radius 1 is 0.667 bits per heavy atom. The highest BCUT2D eigenvalue weighted by atomic mass is 32.2. The molecule has 0 aliphatic carbocycles. The molecule has 0 spiro atoms. The molecule has 3 aromatic carbocycles. The second-order valence-corrected chi connectivity index (χ2v) is 6.65. The average molecular weight is 340 g/mol. The first-order valence-corrected chi connectivity index (χ1v) is 8.73. The third-order valence-electron chi connectivity index (χ3n) is 3.52. The highest BCUT2D eigenvalue weighted by molar-refractivity contribution is 7.87. The number of ether oxygens (including phenoxy) is 1. The maximum Gasteiger partial charge on any atom is 0.339 e. The largest absolute Gasteiger partial charge is 0.497 e. The van der Waals surface area contributed by atoms with Crippen LogP contribution in [0.15, 0.2) is 83.8 Å². The molecule has 0 atom stereocenters. The zero-order chi connectivity index (χ0) is 17.0. The van der Waals surface area contributed by atoms with E-state index in [2.05, 4.69) is 0 Å². The molecule has 0 N–H and O–H groups in total. The van der Waals surface area contributed by atoms with E-state index in [4.69, 9.17) is 8.92 Å². The van der Waals surface area contributed by atoms with Crippen LogP contribution in [0.1, 0.15) is 0 Å². The highest BCUT2D eigenvalue weighted by Gasteiger charge is 2.16. The molecule has 3 rings (SSSR count). The van der Waals surface area contributed by atoms with Crippen molar-refractivity contribution in [2.24, 2.45) is 0 Å². The summed E-state index contributed by atoms with van der Waals surface area (Å²) in [5.41, 5.74) is 2.05. The van der Waals surface area contributed by atoms with Gasteiger partial charge >= 0.3 is 10.1 Å². The van der Waals surface area contributed by atoms with Gasteiger partial charge in [-0.05, 0) is 47.5 Å². The molecular formula is C19H16O4S. The van der Waals surface area contributed by atoms with Crippen LogP contribution in [0.5, 0.6) is 11.5 Å². The average Bonchev–Trinajstić information content (AvgIpc) is 2.63. The SMILES string of the molecule is COc1ccc(S(=O)(=O)Oc2ccc(-c3ccccc3)cc2)cc1. The van der Waals surface area contributed by atoms with Gasteiger partial charge in [-0.15, -0.1) is 0 Å². The minimum absolute atomic E-state index is 0.0791. The van der Waals surface area contributed by atoms with Gasteiger partial charge in [0.15, 0.2) is 0 Å². The fourth-order valence-corrected chi connectivity index (χ4v) is 3.18. The molecule has 5 heteroatoms. The molecule has 0 radical (unpaired) electrons. The van der Waals surface area contributed by atoms with E-state index in [0.717, 1.165) is 11.1 Å². The zero-order valence-corrected chi connectivity index (χ0v) is 13.9. The summed E-state index contributed by atoms with van der Waals surface area (Å²) in [6, 6.07) is 22.8. The van der Waals surface area contributed by atoms with Gasteiger partial charge in [0.1, 0.15) is 16.4 Å². The van der Waals surface area contributed by atoms with E-state index in [9.17, 15) is 8.42 Å². The van der Waals surface area contributed by atoms with Crippen molar-refractivity contribution in [3.63, 3.8) is 0 Å². The molecule has 24 heavy (non-hydrogen) atoms. The first kappa shape index (κ1) is 16.1. The Hall–Kier alpha value is -2.79. The van der Waals surface area contributed by atoms with Crippen LogP contribution in [-0.4, -0.2) is 15.5 Å². The highest BCUT2D eigenvalue weighted by Crippen LogP contribution is 2.25. The summed E-state index contributed by atoms with van der Waals surface area (Å²) in [5.74, 6) is 0.853. The molecule has 0 amide bonds. The lowest BCUT2D eigenvalue weighted by Crippen LogP contribution is -2.09. The molecule has 0 heterocycles. The second kappa shape index (κ2) is 6.76. The monoisotopic (exact) mass is 340 g/mol. The minimum Gasteiger partial charge on any atom is -0.497 e. The summed E-state index contributed by atoms with van der Waals surface area (Å²) < 4.78 is 34.8. The number of methoxy groups -OCH3 is 1. The molecule has 0 saturated heterocycles. The topological polar surface area (TPSA) is 52.6 Å². The Labute approximate surface area is 141 Å². The van der Waals surface area contributed by atoms with Crippen LogP contribution < -0.4 is 8.92 Å². The number of benzene rings is 3. The van der Waals surface area contributed by atoms with E-state index in [1.165, 1.54) is 19.2 Å². The minimum atomic E-state index is -3.87. The predicted octanol–water partition coefficient (Wildman–Crippen LogP) is 4.13. The number of hydrogen-bond acceptors (Lipinski definition) is 4. The van der Waals surface area contributed by atoms with Crippen molar-refractivity contribution in [1.29, 1.82) is 0 Å². The van der Waals surface area contributed by atoms with Crippen molar-refractivity contribution in [2.75, 3.05) is 7.11 Å². The smallest absolute Gasteiger partial charge is 0.339 e. The summed E-state index contributed by atoms with van der Waals surface area (Å²) >= 11 is 0. The van der Waals surface area contributed by atoms with Crippen LogP contribution in [0.3, 0.4) is 0 Å². The van der Waals surface area contributed by atoms with Crippen molar-refractivity contribution in [3.05, 3.63) is 78.9 Å². The molecular weight excluding hydrogens is 324 g/mol. The molecule has 0 fully saturated rings. The molecule has 0 aliphatic heterocycles. The Bertz CT molecular complexity index is 900. The lowest BCUT2D eigenvalue weighted by molar-refractivity contribution is 0.414. The zero-order valence-electron chi connectivity index (χ0n) is 13.0. The summed E-state index contributed by atoms with van der Waals surface area (Å²) in [4.78, 5) is 0.0791. The maximum atomic E-state index is 12.3. The Balaban J connectivity index is 1.79. The van der Waals surface area contributed by atoms with Crippen LogP contribution in [0.2, 0.25) is 0 Å². The van der Waals surface area contributed by atoms with Crippen LogP contribution >= 0.6 is 0 Å². The van der Waals surface area contributed by atoms with Gasteiger partial charge in [-0.25, -0.2) is 0 Å². The van der Waals surface area contributed by atoms with Crippen molar-refractivity contribution in [2.45, 2.75) is 4.90 Å². The van der Waals surface area contributed by atoms with Gasteiger partial charge in [0.25, 0.3) is 0 Å². The molecule has 0 bridgehead atoms.